The van der Waals surface area contributed by atoms with Crippen molar-refractivity contribution in [3.63, 3.8) is 0 Å². The zero-order valence-electron chi connectivity index (χ0n) is 13.1. The second-order valence-corrected chi connectivity index (χ2v) is 6.05. The maximum Gasteiger partial charge on any atom is 0.338 e. The molecular weight excluding hydrogens is 296 g/mol. The highest BCUT2D eigenvalue weighted by Gasteiger charge is 2.13. The number of rotatable bonds is 8. The van der Waals surface area contributed by atoms with Crippen molar-refractivity contribution in [3.05, 3.63) is 54.1 Å². The molecule has 0 saturated heterocycles. The van der Waals surface area contributed by atoms with Crippen LogP contribution in [0, 0.1) is 0 Å². The van der Waals surface area contributed by atoms with Crippen molar-refractivity contribution in [3.8, 4) is 0 Å². The average Bonchev–Trinajstić information content (AvgIpc) is 3.07. The minimum atomic E-state index is -0.254. The van der Waals surface area contributed by atoms with Gasteiger partial charge >= 0.3 is 5.97 Å². The van der Waals surface area contributed by atoms with E-state index in [0.29, 0.717) is 12.2 Å². The highest BCUT2D eigenvalue weighted by molar-refractivity contribution is 7.98. The summed E-state index contributed by atoms with van der Waals surface area (Å²) in [6, 6.07) is 7.96. The van der Waals surface area contributed by atoms with Crippen molar-refractivity contribution >= 4 is 17.7 Å². The molecule has 1 atom stereocenters. The van der Waals surface area contributed by atoms with E-state index in [4.69, 9.17) is 4.74 Å². The van der Waals surface area contributed by atoms with Crippen LogP contribution in [0.1, 0.15) is 41.7 Å². The quantitative estimate of drug-likeness (QED) is 0.548. The van der Waals surface area contributed by atoms with E-state index in [2.05, 4.69) is 16.5 Å². The van der Waals surface area contributed by atoms with Gasteiger partial charge in [0.2, 0.25) is 0 Å². The number of imidazole rings is 1. The lowest BCUT2D eigenvalue weighted by molar-refractivity contribution is 0.0530. The molecule has 22 heavy (non-hydrogen) atoms. The molecule has 0 bridgehead atoms. The van der Waals surface area contributed by atoms with E-state index in [-0.39, 0.29) is 12.0 Å². The number of hydrogen-bond acceptors (Lipinski definition) is 4. The van der Waals surface area contributed by atoms with E-state index in [1.807, 2.05) is 43.0 Å². The molecule has 1 aromatic heterocycles. The van der Waals surface area contributed by atoms with Gasteiger partial charge in [0, 0.05) is 18.1 Å². The molecule has 0 radical (unpaired) electrons. The minimum absolute atomic E-state index is 0.254. The molecule has 0 aliphatic carbocycles. The Balaban J connectivity index is 2.08. The second kappa shape index (κ2) is 8.63. The molecule has 0 aliphatic rings. The monoisotopic (exact) mass is 318 g/mol. The van der Waals surface area contributed by atoms with E-state index in [1.165, 1.54) is 5.56 Å². The van der Waals surface area contributed by atoms with Crippen LogP contribution in [0.15, 0.2) is 43.0 Å². The van der Waals surface area contributed by atoms with Gasteiger partial charge in [0.05, 0.1) is 17.9 Å². The van der Waals surface area contributed by atoms with Gasteiger partial charge < -0.3 is 9.30 Å². The van der Waals surface area contributed by atoms with Crippen LogP contribution in [0.25, 0.3) is 0 Å². The van der Waals surface area contributed by atoms with Crippen molar-refractivity contribution in [2.45, 2.75) is 25.8 Å². The van der Waals surface area contributed by atoms with Crippen LogP contribution in [0.4, 0.5) is 0 Å². The summed E-state index contributed by atoms with van der Waals surface area (Å²) in [5.41, 5.74) is 1.78. The fourth-order valence-corrected chi connectivity index (χ4v) is 2.61. The molecule has 0 spiro atoms. The number of ether oxygens (including phenoxy) is 1. The Morgan fingerprint density at radius 1 is 1.36 bits per heavy atom. The van der Waals surface area contributed by atoms with Gasteiger partial charge in [-0.05, 0) is 30.4 Å². The third-order valence-corrected chi connectivity index (χ3v) is 4.07. The Labute approximate surface area is 135 Å². The van der Waals surface area contributed by atoms with Crippen molar-refractivity contribution in [1.29, 1.82) is 0 Å². The standard InChI is InChI=1S/C17H22N2O2S/c1-3-4-16(19-10-9-18-13-19)14-5-7-15(8-6-14)17(20)21-11-12-22-2/h5-10,13,16H,3-4,11-12H2,1-2H3. The van der Waals surface area contributed by atoms with Gasteiger partial charge in [-0.2, -0.15) is 11.8 Å². The van der Waals surface area contributed by atoms with E-state index in [9.17, 15) is 4.79 Å². The van der Waals surface area contributed by atoms with Crippen LogP contribution in [-0.2, 0) is 4.74 Å². The summed E-state index contributed by atoms with van der Waals surface area (Å²) >= 11 is 1.66. The predicted octanol–water partition coefficient (Wildman–Crippen LogP) is 3.79. The van der Waals surface area contributed by atoms with Crippen molar-refractivity contribution < 1.29 is 9.53 Å². The number of carbonyl (C=O) groups is 1. The first-order chi connectivity index (χ1) is 10.8. The van der Waals surface area contributed by atoms with Gasteiger partial charge in [-0.3, -0.25) is 0 Å². The molecule has 1 heterocycles. The molecule has 0 saturated carbocycles. The highest BCUT2D eigenvalue weighted by atomic mass is 32.2. The molecule has 0 N–H and O–H groups in total. The SMILES string of the molecule is CCCC(c1ccc(C(=O)OCCSC)cc1)n1ccnc1. The first-order valence-electron chi connectivity index (χ1n) is 7.49. The Bertz CT molecular complexity index is 567. The molecular formula is C17H22N2O2S. The lowest BCUT2D eigenvalue weighted by Gasteiger charge is -2.18. The number of aromatic nitrogens is 2. The minimum Gasteiger partial charge on any atom is -0.461 e. The maximum absolute atomic E-state index is 11.9. The average molecular weight is 318 g/mol. The van der Waals surface area contributed by atoms with Gasteiger partial charge in [-0.25, -0.2) is 9.78 Å². The largest absolute Gasteiger partial charge is 0.461 e. The maximum atomic E-state index is 11.9. The summed E-state index contributed by atoms with van der Waals surface area (Å²) in [7, 11) is 0. The Morgan fingerprint density at radius 2 is 2.14 bits per heavy atom. The molecule has 118 valence electrons. The second-order valence-electron chi connectivity index (χ2n) is 5.07. The van der Waals surface area contributed by atoms with Crippen LogP contribution in [0.2, 0.25) is 0 Å². The summed E-state index contributed by atoms with van der Waals surface area (Å²) in [6.07, 6.45) is 9.72. The molecule has 2 aromatic rings. The van der Waals surface area contributed by atoms with Gasteiger partial charge in [0.1, 0.15) is 6.61 Å². The zero-order valence-corrected chi connectivity index (χ0v) is 13.9. The topological polar surface area (TPSA) is 44.1 Å². The molecule has 0 aliphatic heterocycles. The summed E-state index contributed by atoms with van der Waals surface area (Å²) in [5, 5.41) is 0. The lowest BCUT2D eigenvalue weighted by atomic mass is 10.0. The van der Waals surface area contributed by atoms with Crippen LogP contribution < -0.4 is 0 Å². The van der Waals surface area contributed by atoms with Gasteiger partial charge in [-0.15, -0.1) is 0 Å². The van der Waals surface area contributed by atoms with Crippen molar-refractivity contribution in [1.82, 2.24) is 9.55 Å². The summed E-state index contributed by atoms with van der Waals surface area (Å²) in [6.45, 7) is 2.62. The van der Waals surface area contributed by atoms with E-state index in [1.54, 1.807) is 18.0 Å². The molecule has 1 unspecified atom stereocenters. The predicted molar refractivity (Wildman–Crippen MR) is 90.4 cm³/mol. The van der Waals surface area contributed by atoms with E-state index in [0.717, 1.165) is 18.6 Å². The highest BCUT2D eigenvalue weighted by Crippen LogP contribution is 2.23. The number of nitrogens with zero attached hydrogens (tertiary/aromatic N) is 2. The van der Waals surface area contributed by atoms with Crippen molar-refractivity contribution in [2.75, 3.05) is 18.6 Å². The van der Waals surface area contributed by atoms with Crippen LogP contribution >= 0.6 is 11.8 Å². The van der Waals surface area contributed by atoms with Gasteiger partial charge in [0.15, 0.2) is 0 Å². The zero-order chi connectivity index (χ0) is 15.8. The molecule has 2 rings (SSSR count). The van der Waals surface area contributed by atoms with Gasteiger partial charge in [-0.1, -0.05) is 25.5 Å². The first-order valence-corrected chi connectivity index (χ1v) is 8.89. The fourth-order valence-electron chi connectivity index (χ4n) is 2.36. The number of thioether (sulfide) groups is 1. The fraction of sp³-hybridized carbons (Fsp3) is 0.412. The molecule has 0 amide bonds. The molecule has 0 fully saturated rings. The Morgan fingerprint density at radius 3 is 2.73 bits per heavy atom. The number of esters is 1. The van der Waals surface area contributed by atoms with Crippen LogP contribution in [-0.4, -0.2) is 34.1 Å². The van der Waals surface area contributed by atoms with Crippen LogP contribution in [0.5, 0.6) is 0 Å². The van der Waals surface area contributed by atoms with E-state index < -0.39 is 0 Å². The smallest absolute Gasteiger partial charge is 0.338 e. The number of carbonyl (C=O) groups excluding carboxylic acids is 1. The van der Waals surface area contributed by atoms with E-state index >= 15 is 0 Å². The third kappa shape index (κ3) is 4.37. The molecule has 4 nitrogen and oxygen atoms in total. The molecule has 1 aromatic carbocycles. The molecule has 5 heteroatoms. The lowest BCUT2D eigenvalue weighted by Crippen LogP contribution is -2.10. The third-order valence-electron chi connectivity index (χ3n) is 3.50. The Hall–Kier alpha value is -1.75. The van der Waals surface area contributed by atoms with Crippen molar-refractivity contribution in [2.24, 2.45) is 0 Å². The summed E-state index contributed by atoms with van der Waals surface area (Å²) in [5.74, 6) is 0.568. The van der Waals surface area contributed by atoms with Gasteiger partial charge in [0.25, 0.3) is 0 Å². The summed E-state index contributed by atoms with van der Waals surface area (Å²) in [4.78, 5) is 16.0. The normalized spacial score (nSPS) is 12.1. The van der Waals surface area contributed by atoms with Crippen LogP contribution in [0.3, 0.4) is 0 Å². The Kier molecular flexibility index (Phi) is 6.52. The first kappa shape index (κ1) is 16.6. The number of hydrogen-bond donors (Lipinski definition) is 0. The summed E-state index contributed by atoms with van der Waals surface area (Å²) < 4.78 is 7.32. The number of benzene rings is 1.